The minimum absolute atomic E-state index is 0.0836. The van der Waals surface area contributed by atoms with Crippen molar-refractivity contribution >= 4 is 203 Å². The number of piperidine rings is 5. The third kappa shape index (κ3) is 21.0. The Morgan fingerprint density at radius 2 is 0.623 bits per heavy atom. The zero-order valence-corrected chi connectivity index (χ0v) is 90.5. The first-order chi connectivity index (χ1) is 70.1. The summed E-state index contributed by atoms with van der Waals surface area (Å²) in [7, 11) is 0. The van der Waals surface area contributed by atoms with Gasteiger partial charge in [-0.3, -0.25) is 0 Å². The number of nitrogens with two attached hydrogens (primary N) is 10. The molecule has 20 N–H and O–H groups in total. The summed E-state index contributed by atoms with van der Waals surface area (Å²) < 4.78 is 21.1. The second-order valence-electron chi connectivity index (χ2n) is 40.0. The summed E-state index contributed by atoms with van der Waals surface area (Å²) in [6.07, 6.45) is 30.5. The molecular formula is C99H122Cl5N35O2S5. The Bertz CT molecular complexity index is 7120. The number of nitrogens with zero attached hydrogens (tertiary/aromatic N) is 25. The molecule has 7 aliphatic heterocycles. The Morgan fingerprint density at radius 1 is 0.356 bits per heavy atom. The summed E-state index contributed by atoms with van der Waals surface area (Å²) >= 11 is 39.5. The third-order valence-electron chi connectivity index (χ3n) is 30.4. The normalized spacial score (nSPS) is 19.9. The van der Waals surface area contributed by atoms with Crippen molar-refractivity contribution in [1.82, 2.24) is 97.9 Å². The molecule has 37 nitrogen and oxygen atoms in total. The van der Waals surface area contributed by atoms with E-state index in [0.29, 0.717) is 72.3 Å². The van der Waals surface area contributed by atoms with E-state index >= 15 is 0 Å². The summed E-state index contributed by atoms with van der Waals surface area (Å²) in [5.74, 6) is 6.92. The molecule has 0 radical (unpaired) electrons. The summed E-state index contributed by atoms with van der Waals surface area (Å²) in [4.78, 5) is 64.1. The van der Waals surface area contributed by atoms with Gasteiger partial charge in [-0.15, -0.1) is 0 Å². The van der Waals surface area contributed by atoms with Crippen LogP contribution in [0.5, 0.6) is 0 Å². The SMILES string of the molecule is Cc1cc(N2CCC(C)(CN)CC2)n2ncnc2c1Sc1ccnc(N)c1Cl.Cc1cc(N2CCC(C)(N)CC2)n2ncnc2c1Sc1ccnc(N)c1Cl.Cc1cc(N2CCC3(CC2)COC(C)C3N)n2ncnc2c1Sc1ccnc(N)c1Cl.Cc1cc(N2CCC3(CC2)COCC3N)n2ncnc2c1Sc1ccnc(N)c1Cl.Cc1cc(N2CCC3(CCCC3N)CC2)n2ncnc2c1Sc1ccnc(N)c1Cl. The maximum atomic E-state index is 6.49. The number of fused-ring (bicyclic) bond motifs is 5. The van der Waals surface area contributed by atoms with Gasteiger partial charge >= 0.3 is 0 Å². The molecule has 1 aliphatic carbocycles. The van der Waals surface area contributed by atoms with Crippen LogP contribution in [-0.2, 0) is 9.47 Å². The van der Waals surface area contributed by atoms with E-state index in [1.165, 1.54) is 66.3 Å². The minimum atomic E-state index is -0.0964. The first kappa shape index (κ1) is 104. The first-order valence-electron chi connectivity index (χ1n) is 48.9. The molecular weight excluding hydrogens is 2050 g/mol. The maximum Gasteiger partial charge on any atom is 0.171 e. The largest absolute Gasteiger partial charge is 0.382 e. The lowest BCUT2D eigenvalue weighted by molar-refractivity contribution is 0.0974. The quantitative estimate of drug-likeness (QED) is 0.0429. The summed E-state index contributed by atoms with van der Waals surface area (Å²) in [6.45, 7) is 29.2. The standard InChI is InChI=1S/C21H26ClN7OS.C21H26ClN7S.C20H24ClN7OS.C19H24ClN7S.C18H22ClN7S/c1-12-9-15(28-7-4-21(5-8-28)10-30-13(2)18(21)23)29-20(26-11-27-29)17(12)31-14-3-6-25-19(24)16(14)22;1-13-11-16(28-9-6-21(7-10-28)5-2-3-15(21)23)29-20(26-12-27-29)18(13)30-14-4-8-25-19(24)17(14)22;1-12-8-15(27-6-3-20(4-7-27)10-29-9-14(20)22)28-19(25-11-26-28)17(12)30-13-2-5-24-18(23)16(13)21;1-12-9-14(26-7-4-19(2,10-21)5-8-26)27-18(24-11-25-27)16(12)28-13-3-6-23-17(22)15(13)20;1-11-9-13(25-7-4-18(2,21)5-8-25)26-17(23-10-24-26)15(11)27-12-3-6-22-16(20)14(12)19/h3,6,9,11,13,18H,4-5,7-8,10,23H2,1-2H3,(H2,24,25);4,8,11-12,15H,2-3,5-7,9-10,23H2,1H3,(H2,24,25);2,5,8,11,14H,3-4,6-7,9-10,22H2,1H3,(H2,23,24);3,6,9,11H,4-5,7-8,10,21H2,1-2H3,(H2,22,23);3,6,9-10H,4-5,7-8,21H2,1-2H3,(H2,20,22). The van der Waals surface area contributed by atoms with Crippen LogP contribution >= 0.6 is 117 Å². The average molecular weight is 2170 g/mol. The monoisotopic (exact) mass is 2170 g/mol. The predicted molar refractivity (Wildman–Crippen MR) is 586 cm³/mol. The molecule has 15 aromatic rings. The third-order valence-corrected chi connectivity index (χ3v) is 39.3. The molecule has 0 aromatic carbocycles. The number of hydrogen-bond acceptors (Lipinski definition) is 37. The molecule has 146 heavy (non-hydrogen) atoms. The highest BCUT2D eigenvalue weighted by Crippen LogP contribution is 2.52. The van der Waals surface area contributed by atoms with Gasteiger partial charge in [0.05, 0.1) is 75.5 Å². The summed E-state index contributed by atoms with van der Waals surface area (Å²) in [5.41, 5.74) is 71.2. The fraction of sp³-hybridized carbons (Fsp3) is 0.444. The van der Waals surface area contributed by atoms with E-state index in [1.807, 2.05) is 52.9 Å². The van der Waals surface area contributed by atoms with Crippen LogP contribution in [0.1, 0.15) is 132 Å². The van der Waals surface area contributed by atoms with Crippen LogP contribution in [0.2, 0.25) is 25.1 Å². The van der Waals surface area contributed by atoms with Crippen molar-refractivity contribution in [1.29, 1.82) is 0 Å². The van der Waals surface area contributed by atoms with Crippen LogP contribution in [-0.4, -0.2) is 219 Å². The van der Waals surface area contributed by atoms with Crippen LogP contribution < -0.4 is 81.8 Å². The number of pyridine rings is 10. The molecule has 15 aromatic heterocycles. The maximum absolute atomic E-state index is 6.49. The van der Waals surface area contributed by atoms with E-state index in [4.69, 9.17) is 125 Å². The van der Waals surface area contributed by atoms with Crippen LogP contribution in [0.15, 0.2) is 172 Å². The molecule has 23 rings (SSSR count). The molecule has 7 saturated heterocycles. The molecule has 47 heteroatoms. The fourth-order valence-electron chi connectivity index (χ4n) is 20.9. The van der Waals surface area contributed by atoms with E-state index in [1.54, 1.807) is 74.4 Å². The van der Waals surface area contributed by atoms with Crippen LogP contribution in [0.25, 0.3) is 28.2 Å². The first-order valence-corrected chi connectivity index (χ1v) is 54.9. The number of halogens is 5. The van der Waals surface area contributed by atoms with Gasteiger partial charge in [-0.05, 0) is 231 Å². The van der Waals surface area contributed by atoms with Crippen molar-refractivity contribution in [3.05, 3.63) is 176 Å². The van der Waals surface area contributed by atoms with Gasteiger partial charge in [0.1, 0.15) is 89.8 Å². The fourth-order valence-corrected chi connectivity index (χ4v) is 27.0. The Balaban J connectivity index is 0.000000115. The van der Waals surface area contributed by atoms with Crippen LogP contribution in [0.3, 0.4) is 0 Å². The smallest absolute Gasteiger partial charge is 0.171 e. The molecule has 1 saturated carbocycles. The highest BCUT2D eigenvalue weighted by molar-refractivity contribution is 8.00. The number of aryl methyl sites for hydroxylation is 5. The van der Waals surface area contributed by atoms with Crippen molar-refractivity contribution in [2.75, 3.05) is 145 Å². The van der Waals surface area contributed by atoms with Gasteiger partial charge in [0, 0.05) is 155 Å². The zero-order valence-electron chi connectivity index (χ0n) is 82.6. The predicted octanol–water partition coefficient (Wildman–Crippen LogP) is 16.4. The number of ether oxygens (including phenoxy) is 2. The number of aromatic nitrogens is 20. The zero-order chi connectivity index (χ0) is 103. The summed E-state index contributed by atoms with van der Waals surface area (Å²) in [6, 6.07) is 20.8. The van der Waals surface area contributed by atoms with Crippen molar-refractivity contribution in [2.45, 2.75) is 218 Å². The van der Waals surface area contributed by atoms with Gasteiger partial charge in [0.2, 0.25) is 0 Å². The lowest BCUT2D eigenvalue weighted by atomic mass is 9.73. The molecule has 0 amide bonds. The second kappa shape index (κ2) is 43.4. The molecule has 770 valence electrons. The second-order valence-corrected chi connectivity index (χ2v) is 47.1. The van der Waals surface area contributed by atoms with E-state index in [9.17, 15) is 0 Å². The highest BCUT2D eigenvalue weighted by atomic mass is 35.5. The highest BCUT2D eigenvalue weighted by Gasteiger charge is 2.49. The minimum Gasteiger partial charge on any atom is -0.382 e. The average Bonchev–Trinajstić information content (AvgIpc) is 1.57. The lowest BCUT2D eigenvalue weighted by Gasteiger charge is -2.43. The molecule has 4 unspecified atom stereocenters. The number of rotatable bonds is 16. The lowest BCUT2D eigenvalue weighted by Crippen LogP contribution is -2.51. The Kier molecular flexibility index (Phi) is 31.0. The van der Waals surface area contributed by atoms with E-state index in [2.05, 4.69) is 186 Å². The Labute approximate surface area is 892 Å². The van der Waals surface area contributed by atoms with E-state index < -0.39 is 0 Å². The van der Waals surface area contributed by atoms with Gasteiger partial charge in [0.25, 0.3) is 0 Å². The van der Waals surface area contributed by atoms with Crippen molar-refractivity contribution in [3.8, 4) is 0 Å². The number of nitrogen functional groups attached to an aromatic ring is 5. The van der Waals surface area contributed by atoms with Gasteiger partial charge in [-0.1, -0.05) is 130 Å². The molecule has 8 aliphatic rings. The Hall–Kier alpha value is -10.2. The van der Waals surface area contributed by atoms with Gasteiger partial charge in [-0.25, -0.2) is 49.8 Å². The summed E-state index contributed by atoms with van der Waals surface area (Å²) in [5, 5.41) is 24.8. The molecule has 22 heterocycles. The molecule has 0 bridgehead atoms. The van der Waals surface area contributed by atoms with Gasteiger partial charge in [-0.2, -0.15) is 48.1 Å². The van der Waals surface area contributed by atoms with Crippen molar-refractivity contribution in [3.63, 3.8) is 0 Å². The van der Waals surface area contributed by atoms with Crippen molar-refractivity contribution in [2.24, 2.45) is 50.3 Å². The van der Waals surface area contributed by atoms with Crippen LogP contribution in [0.4, 0.5) is 58.2 Å². The van der Waals surface area contributed by atoms with E-state index in [-0.39, 0.29) is 40.0 Å². The van der Waals surface area contributed by atoms with Crippen LogP contribution in [0, 0.1) is 56.3 Å². The van der Waals surface area contributed by atoms with Gasteiger partial charge in [0.15, 0.2) is 28.2 Å². The topological polar surface area (TPSA) is 510 Å². The van der Waals surface area contributed by atoms with E-state index in [0.717, 1.165) is 284 Å². The molecule has 8 fully saturated rings. The molecule has 4 atom stereocenters. The van der Waals surface area contributed by atoms with Gasteiger partial charge < -0.3 is 91.3 Å². The number of hydrogen-bond donors (Lipinski definition) is 10. The molecule has 3 spiro atoms. The van der Waals surface area contributed by atoms with Crippen molar-refractivity contribution < 1.29 is 9.47 Å². The number of anilines is 10. The Morgan fingerprint density at radius 3 is 0.870 bits per heavy atom.